The van der Waals surface area contributed by atoms with Crippen LogP contribution >= 0.6 is 0 Å². The van der Waals surface area contributed by atoms with Gasteiger partial charge in [-0.05, 0) is 56.7 Å². The maximum absolute atomic E-state index is 12.6. The number of hydrogen-bond acceptors (Lipinski definition) is 5. The predicted molar refractivity (Wildman–Crippen MR) is 106 cm³/mol. The van der Waals surface area contributed by atoms with Crippen molar-refractivity contribution < 1.29 is 9.59 Å². The molecular weight excluding hydrogens is 340 g/mol. The zero-order chi connectivity index (χ0) is 19.4. The Hall–Kier alpha value is -3.54. The molecule has 6 nitrogen and oxygen atoms in total. The molecule has 1 amide bonds. The molecule has 0 spiro atoms. The number of nitrogens with zero attached hydrogens (tertiary/aromatic N) is 2. The van der Waals surface area contributed by atoms with E-state index in [0.29, 0.717) is 17.2 Å². The second-order valence-corrected chi connectivity index (χ2v) is 6.21. The summed E-state index contributed by atoms with van der Waals surface area (Å²) in [5.74, 6) is 0.697. The first-order chi connectivity index (χ1) is 12.9. The van der Waals surface area contributed by atoms with Crippen LogP contribution in [0.5, 0.6) is 0 Å². The molecule has 0 bridgehead atoms. The first kappa shape index (κ1) is 18.3. The summed E-state index contributed by atoms with van der Waals surface area (Å²) >= 11 is 0. The van der Waals surface area contributed by atoms with Gasteiger partial charge in [-0.2, -0.15) is 0 Å². The topological polar surface area (TPSA) is 84.0 Å². The van der Waals surface area contributed by atoms with Crippen molar-refractivity contribution in [1.29, 1.82) is 0 Å². The van der Waals surface area contributed by atoms with Gasteiger partial charge in [0.25, 0.3) is 5.91 Å². The molecule has 0 aliphatic rings. The molecule has 0 radical (unpaired) electrons. The molecule has 0 saturated heterocycles. The van der Waals surface area contributed by atoms with Crippen LogP contribution in [0.3, 0.4) is 0 Å². The second-order valence-electron chi connectivity index (χ2n) is 6.21. The van der Waals surface area contributed by atoms with E-state index < -0.39 is 0 Å². The number of hydrogen-bond donors (Lipinski definition) is 2. The SMILES string of the molecule is CC(=O)c1ccc(Nc2cc(C(=O)Nc3ccccc3C)nc(C)n2)cc1. The third-order valence-electron chi connectivity index (χ3n) is 4.03. The van der Waals surface area contributed by atoms with Crippen molar-refractivity contribution >= 4 is 28.9 Å². The number of ketones is 1. The highest BCUT2D eigenvalue weighted by Crippen LogP contribution is 2.18. The van der Waals surface area contributed by atoms with Crippen molar-refractivity contribution in [2.45, 2.75) is 20.8 Å². The molecule has 0 atom stereocenters. The largest absolute Gasteiger partial charge is 0.340 e. The fraction of sp³-hybridized carbons (Fsp3) is 0.143. The van der Waals surface area contributed by atoms with Crippen LogP contribution in [0, 0.1) is 13.8 Å². The molecule has 3 aromatic rings. The first-order valence-electron chi connectivity index (χ1n) is 8.53. The van der Waals surface area contributed by atoms with Crippen LogP contribution in [-0.2, 0) is 0 Å². The summed E-state index contributed by atoms with van der Waals surface area (Å²) in [5.41, 5.74) is 3.39. The van der Waals surface area contributed by atoms with Gasteiger partial charge in [-0.3, -0.25) is 9.59 Å². The van der Waals surface area contributed by atoms with E-state index in [0.717, 1.165) is 16.9 Å². The second kappa shape index (κ2) is 7.78. The normalized spacial score (nSPS) is 10.3. The minimum Gasteiger partial charge on any atom is -0.340 e. The van der Waals surface area contributed by atoms with Gasteiger partial charge in [-0.1, -0.05) is 18.2 Å². The van der Waals surface area contributed by atoms with E-state index in [1.807, 2.05) is 31.2 Å². The van der Waals surface area contributed by atoms with Gasteiger partial charge in [-0.25, -0.2) is 9.97 Å². The smallest absolute Gasteiger partial charge is 0.274 e. The summed E-state index contributed by atoms with van der Waals surface area (Å²) in [6.07, 6.45) is 0. The average Bonchev–Trinajstić information content (AvgIpc) is 2.63. The molecule has 6 heteroatoms. The highest BCUT2D eigenvalue weighted by atomic mass is 16.2. The van der Waals surface area contributed by atoms with E-state index in [9.17, 15) is 9.59 Å². The standard InChI is InChI=1S/C21H20N4O2/c1-13-6-4-5-7-18(13)25-21(27)19-12-20(23-15(3)22-19)24-17-10-8-16(9-11-17)14(2)26/h4-12H,1-3H3,(H,25,27)(H,22,23,24). The number of anilines is 3. The van der Waals surface area contributed by atoms with E-state index in [4.69, 9.17) is 0 Å². The molecule has 27 heavy (non-hydrogen) atoms. The molecule has 1 aromatic heterocycles. The summed E-state index contributed by atoms with van der Waals surface area (Å²) in [5, 5.41) is 6.01. The van der Waals surface area contributed by atoms with E-state index in [-0.39, 0.29) is 17.4 Å². The molecule has 2 aromatic carbocycles. The summed E-state index contributed by atoms with van der Waals surface area (Å²) in [7, 11) is 0. The Labute approximate surface area is 157 Å². The highest BCUT2D eigenvalue weighted by Gasteiger charge is 2.12. The number of Topliss-reactive ketones (excluding diaryl/α,β-unsaturated/α-hetero) is 1. The molecule has 0 saturated carbocycles. The van der Waals surface area contributed by atoms with Crippen LogP contribution in [-0.4, -0.2) is 21.7 Å². The Kier molecular flexibility index (Phi) is 5.26. The Morgan fingerprint density at radius 3 is 2.30 bits per heavy atom. The molecule has 0 fully saturated rings. The lowest BCUT2D eigenvalue weighted by molar-refractivity contribution is 0.101. The zero-order valence-corrected chi connectivity index (χ0v) is 15.4. The van der Waals surface area contributed by atoms with Gasteiger partial charge in [0.2, 0.25) is 0 Å². The van der Waals surface area contributed by atoms with E-state index >= 15 is 0 Å². The molecular formula is C21H20N4O2. The number of benzene rings is 2. The minimum absolute atomic E-state index is 0.00888. The third kappa shape index (κ3) is 4.55. The maximum atomic E-state index is 12.6. The summed E-state index contributed by atoms with van der Waals surface area (Å²) < 4.78 is 0. The monoisotopic (exact) mass is 360 g/mol. The maximum Gasteiger partial charge on any atom is 0.274 e. The number of aryl methyl sites for hydroxylation is 2. The number of nitrogens with one attached hydrogen (secondary N) is 2. The molecule has 1 heterocycles. The van der Waals surface area contributed by atoms with Crippen molar-refractivity contribution in [3.63, 3.8) is 0 Å². The van der Waals surface area contributed by atoms with Crippen LogP contribution in [0.25, 0.3) is 0 Å². The fourth-order valence-corrected chi connectivity index (χ4v) is 2.58. The van der Waals surface area contributed by atoms with Crippen molar-refractivity contribution in [2.24, 2.45) is 0 Å². The van der Waals surface area contributed by atoms with E-state index in [1.165, 1.54) is 6.92 Å². The van der Waals surface area contributed by atoms with Crippen molar-refractivity contribution in [1.82, 2.24) is 9.97 Å². The van der Waals surface area contributed by atoms with E-state index in [1.54, 1.807) is 37.3 Å². The number of aromatic nitrogens is 2. The van der Waals surface area contributed by atoms with Gasteiger partial charge < -0.3 is 10.6 Å². The number of carbonyl (C=O) groups excluding carboxylic acids is 2. The molecule has 0 aliphatic heterocycles. The van der Waals surface area contributed by atoms with Gasteiger partial charge in [-0.15, -0.1) is 0 Å². The van der Waals surface area contributed by atoms with Crippen molar-refractivity contribution in [3.05, 3.63) is 77.2 Å². The number of para-hydroxylation sites is 1. The Balaban J connectivity index is 1.80. The number of amides is 1. The van der Waals surface area contributed by atoms with Gasteiger partial charge in [0, 0.05) is 23.0 Å². The van der Waals surface area contributed by atoms with Crippen LogP contribution in [0.4, 0.5) is 17.2 Å². The Morgan fingerprint density at radius 2 is 1.63 bits per heavy atom. The lowest BCUT2D eigenvalue weighted by Gasteiger charge is -2.10. The minimum atomic E-state index is -0.301. The van der Waals surface area contributed by atoms with Gasteiger partial charge >= 0.3 is 0 Å². The van der Waals surface area contributed by atoms with E-state index in [2.05, 4.69) is 20.6 Å². The molecule has 0 aliphatic carbocycles. The van der Waals surface area contributed by atoms with Gasteiger partial charge in [0.05, 0.1) is 0 Å². The predicted octanol–water partition coefficient (Wildman–Crippen LogP) is 4.29. The van der Waals surface area contributed by atoms with Crippen LogP contribution < -0.4 is 10.6 Å². The zero-order valence-electron chi connectivity index (χ0n) is 15.4. The Bertz CT molecular complexity index is 997. The molecule has 0 unspecified atom stereocenters. The fourth-order valence-electron chi connectivity index (χ4n) is 2.58. The Morgan fingerprint density at radius 1 is 0.926 bits per heavy atom. The summed E-state index contributed by atoms with van der Waals surface area (Å²) in [4.78, 5) is 32.5. The number of rotatable bonds is 5. The quantitative estimate of drug-likeness (QED) is 0.663. The van der Waals surface area contributed by atoms with Crippen molar-refractivity contribution in [2.75, 3.05) is 10.6 Å². The molecule has 3 rings (SSSR count). The number of carbonyl (C=O) groups is 2. The average molecular weight is 360 g/mol. The molecule has 136 valence electrons. The van der Waals surface area contributed by atoms with Crippen LogP contribution in [0.1, 0.15) is 39.2 Å². The van der Waals surface area contributed by atoms with Crippen molar-refractivity contribution in [3.8, 4) is 0 Å². The van der Waals surface area contributed by atoms with Crippen LogP contribution in [0.2, 0.25) is 0 Å². The third-order valence-corrected chi connectivity index (χ3v) is 4.03. The van der Waals surface area contributed by atoms with Gasteiger partial charge in [0.1, 0.15) is 17.3 Å². The molecule has 2 N–H and O–H groups in total. The summed E-state index contributed by atoms with van der Waals surface area (Å²) in [6, 6.07) is 16.2. The van der Waals surface area contributed by atoms with Crippen LogP contribution in [0.15, 0.2) is 54.6 Å². The summed E-state index contributed by atoms with van der Waals surface area (Å²) in [6.45, 7) is 5.18. The van der Waals surface area contributed by atoms with Gasteiger partial charge in [0.15, 0.2) is 5.78 Å². The highest BCUT2D eigenvalue weighted by molar-refractivity contribution is 6.03. The lowest BCUT2D eigenvalue weighted by Crippen LogP contribution is -2.16. The lowest BCUT2D eigenvalue weighted by atomic mass is 10.1. The first-order valence-corrected chi connectivity index (χ1v) is 8.53.